The van der Waals surface area contributed by atoms with Crippen molar-refractivity contribution in [1.82, 2.24) is 10.3 Å². The Bertz CT molecular complexity index is 485. The van der Waals surface area contributed by atoms with Crippen LogP contribution in [0.5, 0.6) is 5.75 Å². The van der Waals surface area contributed by atoms with Crippen LogP contribution in [0.3, 0.4) is 0 Å². The number of pyridine rings is 1. The van der Waals surface area contributed by atoms with E-state index < -0.39 is 0 Å². The Morgan fingerprint density at radius 2 is 2.35 bits per heavy atom. The molecule has 0 unspecified atom stereocenters. The van der Waals surface area contributed by atoms with E-state index in [2.05, 4.69) is 26.2 Å². The Morgan fingerprint density at radius 3 is 3.12 bits per heavy atom. The van der Waals surface area contributed by atoms with E-state index in [9.17, 15) is 0 Å². The minimum Gasteiger partial charge on any atom is -0.487 e. The summed E-state index contributed by atoms with van der Waals surface area (Å²) in [6.07, 6.45) is 5.07. The van der Waals surface area contributed by atoms with Crippen molar-refractivity contribution in [1.29, 1.82) is 0 Å². The predicted molar refractivity (Wildman–Crippen MR) is 67.7 cm³/mol. The summed E-state index contributed by atoms with van der Waals surface area (Å²) in [6.45, 7) is 1.17. The Balaban J connectivity index is 1.99. The topological polar surface area (TPSA) is 47.3 Å². The molecule has 0 atom stereocenters. The van der Waals surface area contributed by atoms with Crippen molar-refractivity contribution in [2.45, 2.75) is 13.2 Å². The number of rotatable bonds is 5. The lowest BCUT2D eigenvalue weighted by Gasteiger charge is -2.06. The van der Waals surface area contributed by atoms with Crippen LogP contribution in [0.25, 0.3) is 0 Å². The van der Waals surface area contributed by atoms with Gasteiger partial charge in [-0.15, -0.1) is 0 Å². The number of ether oxygens (including phenoxy) is 1. The van der Waals surface area contributed by atoms with Gasteiger partial charge in [0.05, 0.1) is 19.0 Å². The van der Waals surface area contributed by atoms with Crippen LogP contribution in [-0.2, 0) is 13.2 Å². The second-order valence-corrected chi connectivity index (χ2v) is 4.44. The zero-order chi connectivity index (χ0) is 12.1. The molecule has 17 heavy (non-hydrogen) atoms. The molecule has 0 fully saturated rings. The van der Waals surface area contributed by atoms with Gasteiger partial charge in [-0.3, -0.25) is 4.98 Å². The van der Waals surface area contributed by atoms with Gasteiger partial charge in [-0.05, 0) is 35.1 Å². The maximum atomic E-state index is 5.64. The molecule has 5 heteroatoms. The predicted octanol–water partition coefficient (Wildman–Crippen LogP) is 2.74. The van der Waals surface area contributed by atoms with Crippen LogP contribution in [0.1, 0.15) is 11.3 Å². The fraction of sp³-hybridized carbons (Fsp3) is 0.250. The number of nitrogens with zero attached hydrogens (tertiary/aromatic N) is 1. The number of furan rings is 1. The zero-order valence-corrected chi connectivity index (χ0v) is 11.0. The first-order chi connectivity index (χ1) is 8.29. The maximum Gasteiger partial charge on any atom is 0.139 e. The number of hydrogen-bond acceptors (Lipinski definition) is 4. The monoisotopic (exact) mass is 296 g/mol. The normalized spacial score (nSPS) is 10.5. The number of nitrogens with one attached hydrogen (secondary N) is 1. The van der Waals surface area contributed by atoms with E-state index in [1.807, 2.05) is 19.2 Å². The highest BCUT2D eigenvalue weighted by molar-refractivity contribution is 9.10. The third-order valence-electron chi connectivity index (χ3n) is 2.25. The van der Waals surface area contributed by atoms with Crippen LogP contribution < -0.4 is 10.1 Å². The lowest BCUT2D eigenvalue weighted by molar-refractivity contribution is 0.300. The lowest BCUT2D eigenvalue weighted by Crippen LogP contribution is -2.07. The fourth-order valence-corrected chi connectivity index (χ4v) is 1.79. The van der Waals surface area contributed by atoms with E-state index in [0.717, 1.165) is 21.5 Å². The Kier molecular flexibility index (Phi) is 4.17. The minimum absolute atomic E-state index is 0.478. The SMILES string of the molecule is CNCc1occc1COc1cncc(Br)c1. The van der Waals surface area contributed by atoms with Gasteiger partial charge in [-0.25, -0.2) is 0 Å². The Morgan fingerprint density at radius 1 is 1.47 bits per heavy atom. The zero-order valence-electron chi connectivity index (χ0n) is 9.44. The standard InChI is InChI=1S/C12H13BrN2O2/c1-14-7-12-9(2-3-16-12)8-17-11-4-10(13)5-15-6-11/h2-6,14H,7-8H2,1H3. The minimum atomic E-state index is 0.478. The summed E-state index contributed by atoms with van der Waals surface area (Å²) in [7, 11) is 1.88. The van der Waals surface area contributed by atoms with Crippen LogP contribution in [0.15, 0.2) is 39.7 Å². The average molecular weight is 297 g/mol. The first-order valence-corrected chi connectivity index (χ1v) is 6.02. The van der Waals surface area contributed by atoms with Crippen molar-refractivity contribution in [3.05, 3.63) is 46.6 Å². The van der Waals surface area contributed by atoms with Crippen LogP contribution in [-0.4, -0.2) is 12.0 Å². The smallest absolute Gasteiger partial charge is 0.139 e. The van der Waals surface area contributed by atoms with E-state index in [4.69, 9.17) is 9.15 Å². The number of halogens is 1. The highest BCUT2D eigenvalue weighted by Crippen LogP contribution is 2.18. The van der Waals surface area contributed by atoms with Gasteiger partial charge in [0.15, 0.2) is 0 Å². The van der Waals surface area contributed by atoms with Crippen molar-refractivity contribution >= 4 is 15.9 Å². The first-order valence-electron chi connectivity index (χ1n) is 5.23. The molecule has 0 saturated heterocycles. The van der Waals surface area contributed by atoms with E-state index >= 15 is 0 Å². The largest absolute Gasteiger partial charge is 0.487 e. The summed E-state index contributed by atoms with van der Waals surface area (Å²) >= 11 is 3.35. The quantitative estimate of drug-likeness (QED) is 0.922. The van der Waals surface area contributed by atoms with Gasteiger partial charge in [0.1, 0.15) is 18.1 Å². The molecule has 0 aromatic carbocycles. The highest BCUT2D eigenvalue weighted by atomic mass is 79.9. The molecular weight excluding hydrogens is 284 g/mol. The number of aromatic nitrogens is 1. The lowest BCUT2D eigenvalue weighted by atomic mass is 10.2. The summed E-state index contributed by atoms with van der Waals surface area (Å²) in [5.74, 6) is 1.63. The van der Waals surface area contributed by atoms with Gasteiger partial charge in [0.25, 0.3) is 0 Å². The summed E-state index contributed by atoms with van der Waals surface area (Å²) in [6, 6.07) is 3.79. The maximum absolute atomic E-state index is 5.64. The third-order valence-corrected chi connectivity index (χ3v) is 2.68. The molecule has 0 bridgehead atoms. The van der Waals surface area contributed by atoms with Crippen molar-refractivity contribution in [3.8, 4) is 5.75 Å². The van der Waals surface area contributed by atoms with Crippen molar-refractivity contribution in [2.75, 3.05) is 7.05 Å². The molecule has 0 aliphatic carbocycles. The van der Waals surface area contributed by atoms with E-state index in [-0.39, 0.29) is 0 Å². The van der Waals surface area contributed by atoms with Crippen molar-refractivity contribution in [3.63, 3.8) is 0 Å². The second-order valence-electron chi connectivity index (χ2n) is 3.53. The molecular formula is C12H13BrN2O2. The molecule has 0 aliphatic heterocycles. The molecule has 1 N–H and O–H groups in total. The molecule has 2 heterocycles. The van der Waals surface area contributed by atoms with Gasteiger partial charge in [-0.2, -0.15) is 0 Å². The fourth-order valence-electron chi connectivity index (χ4n) is 1.44. The summed E-state index contributed by atoms with van der Waals surface area (Å²) in [4.78, 5) is 4.04. The van der Waals surface area contributed by atoms with E-state index in [1.54, 1.807) is 18.7 Å². The molecule has 0 amide bonds. The molecule has 0 radical (unpaired) electrons. The molecule has 0 saturated carbocycles. The summed E-state index contributed by atoms with van der Waals surface area (Å²) < 4.78 is 11.9. The van der Waals surface area contributed by atoms with Crippen molar-refractivity contribution < 1.29 is 9.15 Å². The van der Waals surface area contributed by atoms with E-state index in [0.29, 0.717) is 13.2 Å². The molecule has 4 nitrogen and oxygen atoms in total. The molecule has 2 aromatic heterocycles. The van der Waals surface area contributed by atoms with Gasteiger partial charge in [-0.1, -0.05) is 0 Å². The molecule has 2 aromatic rings. The first kappa shape index (κ1) is 12.1. The van der Waals surface area contributed by atoms with Crippen LogP contribution in [0, 0.1) is 0 Å². The molecule has 2 rings (SSSR count). The molecule has 0 spiro atoms. The molecule has 90 valence electrons. The van der Waals surface area contributed by atoms with Gasteiger partial charge >= 0.3 is 0 Å². The Labute approximate surface area is 108 Å². The van der Waals surface area contributed by atoms with Crippen LogP contribution >= 0.6 is 15.9 Å². The third kappa shape index (κ3) is 3.31. The van der Waals surface area contributed by atoms with Crippen LogP contribution in [0.2, 0.25) is 0 Å². The number of hydrogen-bond donors (Lipinski definition) is 1. The summed E-state index contributed by atoms with van der Waals surface area (Å²) in [5.41, 5.74) is 1.04. The Hall–Kier alpha value is -1.33. The van der Waals surface area contributed by atoms with Crippen molar-refractivity contribution in [2.24, 2.45) is 0 Å². The highest BCUT2D eigenvalue weighted by Gasteiger charge is 2.06. The van der Waals surface area contributed by atoms with Crippen LogP contribution in [0.4, 0.5) is 0 Å². The second kappa shape index (κ2) is 5.84. The molecule has 0 aliphatic rings. The van der Waals surface area contributed by atoms with Gasteiger partial charge in [0.2, 0.25) is 0 Å². The van der Waals surface area contributed by atoms with Gasteiger partial charge < -0.3 is 14.5 Å². The average Bonchev–Trinajstić information content (AvgIpc) is 2.75. The van der Waals surface area contributed by atoms with Gasteiger partial charge in [0, 0.05) is 16.2 Å². The summed E-state index contributed by atoms with van der Waals surface area (Å²) in [5, 5.41) is 3.05. The van der Waals surface area contributed by atoms with E-state index in [1.165, 1.54) is 0 Å².